The summed E-state index contributed by atoms with van der Waals surface area (Å²) in [7, 11) is -4.64. The van der Waals surface area contributed by atoms with Crippen molar-refractivity contribution in [2.24, 2.45) is 0 Å². The van der Waals surface area contributed by atoms with Crippen LogP contribution in [-0.2, 0) is 4.57 Å². The molecule has 0 spiro atoms. The van der Waals surface area contributed by atoms with Gasteiger partial charge in [0.2, 0.25) is 0 Å². The average Bonchev–Trinajstić information content (AvgIpc) is 0.722. The molecule has 0 aromatic heterocycles. The van der Waals surface area contributed by atoms with Crippen LogP contribution >= 0.6 is 32.6 Å². The molecule has 0 bridgehead atoms. The van der Waals surface area contributed by atoms with E-state index in [1.54, 1.807) is 0 Å². The van der Waals surface area contributed by atoms with Crippen LogP contribution in [0.3, 0.4) is 0 Å². The average molecular weight is 212 g/mol. The molecular weight excluding hydrogens is 203 g/mol. The standard InChI is InChI=1S/2ClH.H3N.Na.H3O4P.H/c;;;;1-5(2,3)4;/h2*1H;1H3;;(H3,1,2,3,4);. The van der Waals surface area contributed by atoms with Crippen LogP contribution in [0.15, 0.2) is 0 Å². The van der Waals surface area contributed by atoms with Crippen LogP contribution in [0.2, 0.25) is 0 Å². The van der Waals surface area contributed by atoms with Gasteiger partial charge in [-0.1, -0.05) is 0 Å². The second kappa shape index (κ2) is 12.3. The third kappa shape index (κ3) is 207. The van der Waals surface area contributed by atoms with Gasteiger partial charge in [0.15, 0.2) is 0 Å². The second-order valence-electron chi connectivity index (χ2n) is 0.513. The van der Waals surface area contributed by atoms with Crippen LogP contribution in [0.1, 0.15) is 0 Å². The summed E-state index contributed by atoms with van der Waals surface area (Å²) in [5, 5.41) is 0. The molecular formula is H9Cl2NNaO4P. The van der Waals surface area contributed by atoms with E-state index in [4.69, 9.17) is 19.2 Å². The van der Waals surface area contributed by atoms with Gasteiger partial charge in [0.05, 0.1) is 0 Å². The zero-order valence-electron chi connectivity index (χ0n) is 3.72. The topological polar surface area (TPSA) is 113 Å². The van der Waals surface area contributed by atoms with E-state index >= 15 is 0 Å². The van der Waals surface area contributed by atoms with E-state index in [2.05, 4.69) is 0 Å². The Kier molecular flexibility index (Phi) is 42.6. The Morgan fingerprint density at radius 2 is 1.00 bits per heavy atom. The van der Waals surface area contributed by atoms with Crippen molar-refractivity contribution in [3.8, 4) is 0 Å². The van der Waals surface area contributed by atoms with Gasteiger partial charge in [0.25, 0.3) is 0 Å². The maximum atomic E-state index is 8.88. The fourth-order valence-electron chi connectivity index (χ4n) is 0. The first kappa shape index (κ1) is 31.1. The predicted molar refractivity (Wildman–Crippen MR) is 40.9 cm³/mol. The number of phosphoric acid groups is 1. The Balaban J connectivity index is -0.0000000133. The summed E-state index contributed by atoms with van der Waals surface area (Å²) in [6.45, 7) is 0. The quantitative estimate of drug-likeness (QED) is 0.317. The minimum absolute atomic E-state index is 0. The number of hydrogen-bond acceptors (Lipinski definition) is 2. The van der Waals surface area contributed by atoms with Crippen molar-refractivity contribution in [3.63, 3.8) is 0 Å². The van der Waals surface area contributed by atoms with Crippen molar-refractivity contribution in [2.75, 3.05) is 0 Å². The molecule has 0 saturated heterocycles. The van der Waals surface area contributed by atoms with Gasteiger partial charge in [-0.2, -0.15) is 0 Å². The van der Waals surface area contributed by atoms with Crippen LogP contribution in [-0.4, -0.2) is 44.2 Å². The van der Waals surface area contributed by atoms with Crippen molar-refractivity contribution in [1.82, 2.24) is 6.15 Å². The molecule has 0 rings (SSSR count). The summed E-state index contributed by atoms with van der Waals surface area (Å²) in [5.41, 5.74) is 0. The van der Waals surface area contributed by atoms with Gasteiger partial charge in [-0.3, -0.25) is 0 Å². The van der Waals surface area contributed by atoms with Gasteiger partial charge in [0.1, 0.15) is 0 Å². The number of halogens is 2. The van der Waals surface area contributed by atoms with E-state index in [1.807, 2.05) is 0 Å². The van der Waals surface area contributed by atoms with Crippen LogP contribution in [0.5, 0.6) is 0 Å². The van der Waals surface area contributed by atoms with Gasteiger partial charge in [-0.25, -0.2) is 4.57 Å². The summed E-state index contributed by atoms with van der Waals surface area (Å²) >= 11 is 0. The van der Waals surface area contributed by atoms with Crippen LogP contribution in [0.4, 0.5) is 0 Å². The Hall–Kier alpha value is 1.65. The van der Waals surface area contributed by atoms with Gasteiger partial charge in [-0.15, -0.1) is 24.8 Å². The normalized spacial score (nSPS) is 6.56. The van der Waals surface area contributed by atoms with Crippen molar-refractivity contribution >= 4 is 62.2 Å². The van der Waals surface area contributed by atoms with Gasteiger partial charge < -0.3 is 20.8 Å². The summed E-state index contributed by atoms with van der Waals surface area (Å²) in [6, 6.07) is 0. The first-order valence-electron chi connectivity index (χ1n) is 0.783. The van der Waals surface area contributed by atoms with E-state index in [9.17, 15) is 0 Å². The fraction of sp³-hybridized carbons (Fsp3) is 0. The molecule has 0 heterocycles. The third-order valence-electron chi connectivity index (χ3n) is 0. The Morgan fingerprint density at radius 3 is 1.00 bits per heavy atom. The van der Waals surface area contributed by atoms with Crippen LogP contribution in [0, 0.1) is 0 Å². The summed E-state index contributed by atoms with van der Waals surface area (Å²) < 4.78 is 8.88. The monoisotopic (exact) mass is 211 g/mol. The molecule has 0 aromatic carbocycles. The van der Waals surface area contributed by atoms with E-state index in [1.165, 1.54) is 0 Å². The van der Waals surface area contributed by atoms with E-state index in [0.29, 0.717) is 0 Å². The van der Waals surface area contributed by atoms with Gasteiger partial charge >= 0.3 is 37.4 Å². The maximum absolute atomic E-state index is 8.88. The molecule has 0 radical (unpaired) electrons. The first-order chi connectivity index (χ1) is 2.00. The van der Waals surface area contributed by atoms with Crippen molar-refractivity contribution in [1.29, 1.82) is 0 Å². The molecule has 9 heavy (non-hydrogen) atoms. The molecule has 0 fully saturated rings. The molecule has 0 saturated carbocycles. The predicted octanol–water partition coefficient (Wildman–Crippen LogP) is -0.571. The second-order valence-corrected chi connectivity index (χ2v) is 1.54. The van der Waals surface area contributed by atoms with Crippen molar-refractivity contribution in [2.45, 2.75) is 0 Å². The van der Waals surface area contributed by atoms with Gasteiger partial charge in [-0.05, 0) is 0 Å². The summed E-state index contributed by atoms with van der Waals surface area (Å²) in [5.74, 6) is 0. The number of hydrogen-bond donors (Lipinski definition) is 4. The molecule has 58 valence electrons. The fourth-order valence-corrected chi connectivity index (χ4v) is 0. The molecule has 9 heteroatoms. The van der Waals surface area contributed by atoms with E-state index in [-0.39, 0.29) is 60.5 Å². The number of rotatable bonds is 0. The summed E-state index contributed by atoms with van der Waals surface area (Å²) in [6.07, 6.45) is 0. The Labute approximate surface area is 87.2 Å². The molecule has 0 atom stereocenters. The summed E-state index contributed by atoms with van der Waals surface area (Å²) in [4.78, 5) is 21.6. The van der Waals surface area contributed by atoms with E-state index in [0.717, 1.165) is 0 Å². The molecule has 0 amide bonds. The zero-order valence-corrected chi connectivity index (χ0v) is 6.25. The third-order valence-corrected chi connectivity index (χ3v) is 0. The first-order valence-corrected chi connectivity index (χ1v) is 2.35. The molecule has 0 aromatic rings. The molecule has 6 N–H and O–H groups in total. The zero-order chi connectivity index (χ0) is 4.50. The van der Waals surface area contributed by atoms with Crippen molar-refractivity contribution in [3.05, 3.63) is 0 Å². The molecule has 5 nitrogen and oxygen atoms in total. The Bertz CT molecular complexity index is 64.7. The SMILES string of the molecule is Cl.Cl.N.O=P(O)(O)O.[NaH]. The van der Waals surface area contributed by atoms with Gasteiger partial charge in [0, 0.05) is 0 Å². The van der Waals surface area contributed by atoms with E-state index < -0.39 is 7.82 Å². The molecule has 0 aliphatic carbocycles. The molecule has 0 unspecified atom stereocenters. The van der Waals surface area contributed by atoms with Crippen molar-refractivity contribution < 1.29 is 19.2 Å². The molecule has 0 aliphatic heterocycles. The van der Waals surface area contributed by atoms with Crippen LogP contribution in [0.25, 0.3) is 0 Å². The Morgan fingerprint density at radius 1 is 1.00 bits per heavy atom. The van der Waals surface area contributed by atoms with Crippen LogP contribution < -0.4 is 6.15 Å². The molecule has 0 aliphatic rings. The minimum atomic E-state index is -4.64.